The number of nitrogen functional groups attached to an aromatic ring is 1. The summed E-state index contributed by atoms with van der Waals surface area (Å²) in [6.07, 6.45) is 0. The summed E-state index contributed by atoms with van der Waals surface area (Å²) in [5.74, 6) is -0.0174. The molecular formula is C10H8N2O3. The summed E-state index contributed by atoms with van der Waals surface area (Å²) in [7, 11) is 0. The highest BCUT2D eigenvalue weighted by Gasteiger charge is 2.16. The molecule has 0 amide bonds. The molecule has 0 fully saturated rings. The number of hydrogen-bond acceptors (Lipinski definition) is 4. The van der Waals surface area contributed by atoms with Crippen LogP contribution in [-0.2, 0) is 0 Å². The molecule has 0 aliphatic rings. The second-order valence-corrected chi connectivity index (χ2v) is 3.17. The van der Waals surface area contributed by atoms with E-state index < -0.39 is 4.92 Å². The lowest BCUT2D eigenvalue weighted by Gasteiger charge is -2.02. The van der Waals surface area contributed by atoms with Crippen LogP contribution in [0.3, 0.4) is 0 Å². The summed E-state index contributed by atoms with van der Waals surface area (Å²) < 4.78 is 0. The van der Waals surface area contributed by atoms with Crippen molar-refractivity contribution in [3.63, 3.8) is 0 Å². The minimum atomic E-state index is -0.545. The molecular weight excluding hydrogens is 196 g/mol. The fourth-order valence-electron chi connectivity index (χ4n) is 1.51. The van der Waals surface area contributed by atoms with E-state index in [0.29, 0.717) is 10.8 Å². The third-order valence-electron chi connectivity index (χ3n) is 2.19. The van der Waals surface area contributed by atoms with E-state index in [0.717, 1.165) is 0 Å². The van der Waals surface area contributed by atoms with Gasteiger partial charge in [0.2, 0.25) is 0 Å². The molecule has 15 heavy (non-hydrogen) atoms. The first-order valence-corrected chi connectivity index (χ1v) is 4.25. The molecule has 3 N–H and O–H groups in total. The molecule has 0 atom stereocenters. The van der Waals surface area contributed by atoms with Crippen molar-refractivity contribution in [2.45, 2.75) is 0 Å². The Balaban J connectivity index is 2.90. The standard InChI is InChI=1S/C10H8N2O3/c11-9-4-2-6-1-3-7(13)5-8(6)10(9)12(14)15/h1-5,13H,11H2. The molecule has 76 valence electrons. The maximum atomic E-state index is 10.8. The van der Waals surface area contributed by atoms with Crippen molar-refractivity contribution in [1.29, 1.82) is 0 Å². The van der Waals surface area contributed by atoms with Crippen molar-refractivity contribution in [1.82, 2.24) is 0 Å². The largest absolute Gasteiger partial charge is 0.508 e. The number of nitrogens with two attached hydrogens (primary N) is 1. The lowest BCUT2D eigenvalue weighted by molar-refractivity contribution is -0.382. The SMILES string of the molecule is Nc1ccc2ccc(O)cc2c1[N+](=O)[O-]. The number of benzene rings is 2. The Kier molecular flexibility index (Phi) is 1.93. The van der Waals surface area contributed by atoms with E-state index in [1.54, 1.807) is 12.1 Å². The Hall–Kier alpha value is -2.30. The number of fused-ring (bicyclic) bond motifs is 1. The van der Waals surface area contributed by atoms with Crippen LogP contribution < -0.4 is 5.73 Å². The van der Waals surface area contributed by atoms with Crippen LogP contribution in [0, 0.1) is 10.1 Å². The minimum absolute atomic E-state index is 0.0174. The maximum absolute atomic E-state index is 10.8. The number of rotatable bonds is 1. The van der Waals surface area contributed by atoms with Crippen LogP contribution in [0.25, 0.3) is 10.8 Å². The fraction of sp³-hybridized carbons (Fsp3) is 0. The van der Waals surface area contributed by atoms with Gasteiger partial charge in [-0.05, 0) is 23.6 Å². The van der Waals surface area contributed by atoms with Gasteiger partial charge in [-0.2, -0.15) is 0 Å². The van der Waals surface area contributed by atoms with E-state index in [1.165, 1.54) is 18.2 Å². The van der Waals surface area contributed by atoms with Crippen LogP contribution in [0.1, 0.15) is 0 Å². The van der Waals surface area contributed by atoms with Crippen LogP contribution in [0.5, 0.6) is 5.75 Å². The third kappa shape index (κ3) is 1.43. The minimum Gasteiger partial charge on any atom is -0.508 e. The zero-order valence-corrected chi connectivity index (χ0v) is 7.68. The molecule has 0 spiro atoms. The highest BCUT2D eigenvalue weighted by Crippen LogP contribution is 2.33. The van der Waals surface area contributed by atoms with E-state index in [4.69, 9.17) is 5.73 Å². The second-order valence-electron chi connectivity index (χ2n) is 3.17. The van der Waals surface area contributed by atoms with Gasteiger partial charge in [-0.1, -0.05) is 12.1 Å². The van der Waals surface area contributed by atoms with Crippen molar-refractivity contribution >= 4 is 22.1 Å². The predicted octanol–water partition coefficient (Wildman–Crippen LogP) is 2.04. The van der Waals surface area contributed by atoms with Gasteiger partial charge in [-0.15, -0.1) is 0 Å². The van der Waals surface area contributed by atoms with Crippen LogP contribution in [0.15, 0.2) is 30.3 Å². The zero-order chi connectivity index (χ0) is 11.0. The topological polar surface area (TPSA) is 89.4 Å². The maximum Gasteiger partial charge on any atom is 0.299 e. The van der Waals surface area contributed by atoms with Gasteiger partial charge >= 0.3 is 0 Å². The van der Waals surface area contributed by atoms with Gasteiger partial charge in [-0.3, -0.25) is 10.1 Å². The van der Waals surface area contributed by atoms with Gasteiger partial charge in [0.1, 0.15) is 11.4 Å². The Morgan fingerprint density at radius 1 is 1.27 bits per heavy atom. The van der Waals surface area contributed by atoms with E-state index in [-0.39, 0.29) is 17.1 Å². The quantitative estimate of drug-likeness (QED) is 0.422. The number of aromatic hydroxyl groups is 1. The highest BCUT2D eigenvalue weighted by molar-refractivity contribution is 5.96. The van der Waals surface area contributed by atoms with Crippen LogP contribution in [0.2, 0.25) is 0 Å². The van der Waals surface area contributed by atoms with E-state index >= 15 is 0 Å². The first kappa shape index (κ1) is 9.26. The number of anilines is 1. The molecule has 0 heterocycles. The number of nitrogens with zero attached hydrogens (tertiary/aromatic N) is 1. The summed E-state index contributed by atoms with van der Waals surface area (Å²) in [6.45, 7) is 0. The molecule has 0 bridgehead atoms. The Labute approximate surface area is 84.9 Å². The summed E-state index contributed by atoms with van der Waals surface area (Å²) in [6, 6.07) is 7.58. The van der Waals surface area contributed by atoms with Crippen molar-refractivity contribution in [2.75, 3.05) is 5.73 Å². The lowest BCUT2D eigenvalue weighted by Crippen LogP contribution is -1.96. The Morgan fingerprint density at radius 2 is 1.93 bits per heavy atom. The summed E-state index contributed by atoms with van der Waals surface area (Å²) in [4.78, 5) is 10.2. The van der Waals surface area contributed by atoms with Crippen LogP contribution in [-0.4, -0.2) is 10.0 Å². The molecule has 2 aromatic rings. The molecule has 0 aliphatic heterocycles. The molecule has 5 heteroatoms. The van der Waals surface area contributed by atoms with Gasteiger partial charge < -0.3 is 10.8 Å². The third-order valence-corrected chi connectivity index (χ3v) is 2.19. The fourth-order valence-corrected chi connectivity index (χ4v) is 1.51. The van der Waals surface area contributed by atoms with Gasteiger partial charge in [-0.25, -0.2) is 0 Å². The molecule has 5 nitrogen and oxygen atoms in total. The predicted molar refractivity (Wildman–Crippen MR) is 56.7 cm³/mol. The molecule has 0 radical (unpaired) electrons. The van der Waals surface area contributed by atoms with Gasteiger partial charge in [0.15, 0.2) is 0 Å². The lowest BCUT2D eigenvalue weighted by atomic mass is 10.1. The second kappa shape index (κ2) is 3.13. The molecule has 0 saturated carbocycles. The molecule has 0 aliphatic carbocycles. The number of nitro benzene ring substituents is 1. The zero-order valence-electron chi connectivity index (χ0n) is 7.68. The van der Waals surface area contributed by atoms with E-state index in [9.17, 15) is 15.2 Å². The average molecular weight is 204 g/mol. The molecule has 0 unspecified atom stereocenters. The monoisotopic (exact) mass is 204 g/mol. The average Bonchev–Trinajstić information content (AvgIpc) is 2.16. The number of phenolic OH excluding ortho intramolecular Hbond substituents is 1. The van der Waals surface area contributed by atoms with E-state index in [1.807, 2.05) is 0 Å². The highest BCUT2D eigenvalue weighted by atomic mass is 16.6. The first-order chi connectivity index (χ1) is 7.09. The molecule has 2 aromatic carbocycles. The van der Waals surface area contributed by atoms with Crippen LogP contribution >= 0.6 is 0 Å². The normalized spacial score (nSPS) is 10.4. The summed E-state index contributed by atoms with van der Waals surface area (Å²) in [5, 5.41) is 21.1. The smallest absolute Gasteiger partial charge is 0.299 e. The van der Waals surface area contributed by atoms with Crippen molar-refractivity contribution in [3.8, 4) is 5.75 Å². The molecule has 0 aromatic heterocycles. The van der Waals surface area contributed by atoms with Gasteiger partial charge in [0, 0.05) is 0 Å². The van der Waals surface area contributed by atoms with Crippen molar-refractivity contribution in [3.05, 3.63) is 40.4 Å². The Bertz CT molecular complexity index is 546. The van der Waals surface area contributed by atoms with Crippen molar-refractivity contribution < 1.29 is 10.0 Å². The van der Waals surface area contributed by atoms with Crippen molar-refractivity contribution in [2.24, 2.45) is 0 Å². The number of hydrogen-bond donors (Lipinski definition) is 2. The molecule has 2 rings (SSSR count). The number of phenols is 1. The van der Waals surface area contributed by atoms with Crippen LogP contribution in [0.4, 0.5) is 11.4 Å². The Morgan fingerprint density at radius 3 is 2.60 bits per heavy atom. The summed E-state index contributed by atoms with van der Waals surface area (Å²) >= 11 is 0. The van der Waals surface area contributed by atoms with Gasteiger partial charge in [0.25, 0.3) is 5.69 Å². The number of nitro groups is 1. The molecule has 0 saturated heterocycles. The van der Waals surface area contributed by atoms with E-state index in [2.05, 4.69) is 0 Å². The first-order valence-electron chi connectivity index (χ1n) is 4.25. The van der Waals surface area contributed by atoms with Gasteiger partial charge in [0.05, 0.1) is 10.3 Å². The summed E-state index contributed by atoms with van der Waals surface area (Å²) in [5.41, 5.74) is 5.45.